The molecule has 31 heavy (non-hydrogen) atoms. The second kappa shape index (κ2) is 8.97. The molecule has 0 aliphatic carbocycles. The van der Waals surface area contributed by atoms with Gasteiger partial charge in [-0.3, -0.25) is 9.78 Å². The first-order valence-corrected chi connectivity index (χ1v) is 10.0. The van der Waals surface area contributed by atoms with Crippen molar-refractivity contribution in [3.63, 3.8) is 0 Å². The predicted molar refractivity (Wildman–Crippen MR) is 116 cm³/mol. The Balaban J connectivity index is 1.70. The standard InChI is InChI=1S/C22H24N6O3/c1-14-19(21(30)25-15-8-10-16(31-2)11-9-15)20(17-6-3-4-12-23-17)28-22(24-14)26-18(27-28)7-5-13-29/h3-4,6,8-12,20,29H,5,7,13H2,1-2H3,(H,25,30)(H,24,26,27). The monoisotopic (exact) mass is 420 g/mol. The third-order valence-electron chi connectivity index (χ3n) is 5.02. The highest BCUT2D eigenvalue weighted by molar-refractivity contribution is 6.05. The smallest absolute Gasteiger partial charge is 0.255 e. The normalized spacial score (nSPS) is 15.3. The second-order valence-electron chi connectivity index (χ2n) is 7.13. The number of fused-ring (bicyclic) bond motifs is 1. The van der Waals surface area contributed by atoms with Crippen molar-refractivity contribution in [1.29, 1.82) is 0 Å². The van der Waals surface area contributed by atoms with Gasteiger partial charge in [0.1, 0.15) is 11.8 Å². The van der Waals surface area contributed by atoms with Crippen molar-refractivity contribution in [2.45, 2.75) is 25.8 Å². The number of rotatable bonds is 7. The highest BCUT2D eigenvalue weighted by atomic mass is 16.5. The zero-order chi connectivity index (χ0) is 21.8. The minimum absolute atomic E-state index is 0.0633. The number of nitrogens with zero attached hydrogens (tertiary/aromatic N) is 4. The Kier molecular flexibility index (Phi) is 5.94. The van der Waals surface area contributed by atoms with Crippen LogP contribution in [0.25, 0.3) is 0 Å². The fraction of sp³-hybridized carbons (Fsp3) is 0.273. The summed E-state index contributed by atoms with van der Waals surface area (Å²) in [5, 5.41) is 19.9. The van der Waals surface area contributed by atoms with E-state index in [0.717, 1.165) is 0 Å². The molecule has 3 aromatic rings. The summed E-state index contributed by atoms with van der Waals surface area (Å²) < 4.78 is 6.86. The molecule has 0 radical (unpaired) electrons. The van der Waals surface area contributed by atoms with Gasteiger partial charge in [-0.25, -0.2) is 4.68 Å². The van der Waals surface area contributed by atoms with Crippen LogP contribution in [0.3, 0.4) is 0 Å². The molecule has 2 aromatic heterocycles. The first kappa shape index (κ1) is 20.5. The molecule has 1 amide bonds. The number of amides is 1. The Morgan fingerprint density at radius 3 is 2.74 bits per heavy atom. The molecular formula is C22H24N6O3. The summed E-state index contributed by atoms with van der Waals surface area (Å²) in [6, 6.07) is 12.2. The molecule has 1 aliphatic rings. The van der Waals surface area contributed by atoms with Crippen molar-refractivity contribution in [3.8, 4) is 5.75 Å². The Labute approximate surface area is 179 Å². The van der Waals surface area contributed by atoms with Gasteiger partial charge < -0.3 is 20.5 Å². The van der Waals surface area contributed by atoms with E-state index >= 15 is 0 Å². The number of aryl methyl sites for hydroxylation is 1. The average molecular weight is 420 g/mol. The van der Waals surface area contributed by atoms with Crippen molar-refractivity contribution >= 4 is 17.5 Å². The number of allylic oxidation sites excluding steroid dienone is 1. The highest BCUT2D eigenvalue weighted by Crippen LogP contribution is 2.35. The number of benzene rings is 1. The summed E-state index contributed by atoms with van der Waals surface area (Å²) in [6.07, 6.45) is 2.80. The van der Waals surface area contributed by atoms with Crippen molar-refractivity contribution < 1.29 is 14.6 Å². The predicted octanol–water partition coefficient (Wildman–Crippen LogP) is 2.53. The van der Waals surface area contributed by atoms with E-state index in [1.165, 1.54) is 0 Å². The summed E-state index contributed by atoms with van der Waals surface area (Å²) in [6.45, 7) is 1.90. The quantitative estimate of drug-likeness (QED) is 0.538. The summed E-state index contributed by atoms with van der Waals surface area (Å²) >= 11 is 0. The van der Waals surface area contributed by atoms with Crippen molar-refractivity contribution in [3.05, 3.63) is 71.4 Å². The fourth-order valence-corrected chi connectivity index (χ4v) is 3.52. The number of hydrogen-bond acceptors (Lipinski definition) is 7. The maximum Gasteiger partial charge on any atom is 0.255 e. The van der Waals surface area contributed by atoms with Crippen LogP contribution in [0.4, 0.5) is 11.6 Å². The van der Waals surface area contributed by atoms with Gasteiger partial charge >= 0.3 is 0 Å². The lowest BCUT2D eigenvalue weighted by molar-refractivity contribution is -0.113. The molecule has 4 rings (SSSR count). The van der Waals surface area contributed by atoms with Crippen LogP contribution < -0.4 is 15.4 Å². The number of methoxy groups -OCH3 is 1. The van der Waals surface area contributed by atoms with Gasteiger partial charge in [0, 0.05) is 30.6 Å². The number of anilines is 2. The van der Waals surface area contributed by atoms with Crippen LogP contribution in [0, 0.1) is 0 Å². The van der Waals surface area contributed by atoms with Gasteiger partial charge in [0.15, 0.2) is 5.82 Å². The van der Waals surface area contributed by atoms with E-state index in [-0.39, 0.29) is 12.5 Å². The first-order chi connectivity index (χ1) is 15.1. The summed E-state index contributed by atoms with van der Waals surface area (Å²) in [4.78, 5) is 22.4. The van der Waals surface area contributed by atoms with Gasteiger partial charge in [-0.1, -0.05) is 6.07 Å². The number of nitrogens with one attached hydrogen (secondary N) is 2. The molecular weight excluding hydrogens is 396 g/mol. The largest absolute Gasteiger partial charge is 0.497 e. The summed E-state index contributed by atoms with van der Waals surface area (Å²) in [5.41, 5.74) is 2.51. The van der Waals surface area contributed by atoms with Crippen LogP contribution in [-0.4, -0.2) is 44.5 Å². The Morgan fingerprint density at radius 1 is 1.26 bits per heavy atom. The van der Waals surface area contributed by atoms with Gasteiger partial charge in [-0.15, -0.1) is 0 Å². The number of hydrogen-bond donors (Lipinski definition) is 3. The van der Waals surface area contributed by atoms with Crippen LogP contribution in [0.1, 0.15) is 30.9 Å². The molecule has 160 valence electrons. The first-order valence-electron chi connectivity index (χ1n) is 10.0. The van der Waals surface area contributed by atoms with Crippen molar-refractivity contribution in [2.75, 3.05) is 24.4 Å². The fourth-order valence-electron chi connectivity index (χ4n) is 3.52. The van der Waals surface area contributed by atoms with Crippen LogP contribution in [0.15, 0.2) is 59.9 Å². The van der Waals surface area contributed by atoms with Crippen molar-refractivity contribution in [1.82, 2.24) is 19.7 Å². The lowest BCUT2D eigenvalue weighted by Gasteiger charge is -2.28. The molecule has 3 N–H and O–H groups in total. The Hall–Kier alpha value is -3.72. The Bertz CT molecular complexity index is 1090. The number of aromatic nitrogens is 4. The topological polar surface area (TPSA) is 114 Å². The van der Waals surface area contributed by atoms with Crippen LogP contribution in [0.5, 0.6) is 5.75 Å². The lowest BCUT2D eigenvalue weighted by atomic mass is 9.98. The maximum absolute atomic E-state index is 13.3. The maximum atomic E-state index is 13.3. The molecule has 1 aromatic carbocycles. The summed E-state index contributed by atoms with van der Waals surface area (Å²) in [5.74, 6) is 1.59. The van der Waals surface area contributed by atoms with Gasteiger partial charge in [0.2, 0.25) is 5.95 Å². The van der Waals surface area contributed by atoms with E-state index in [1.807, 2.05) is 25.1 Å². The third-order valence-corrected chi connectivity index (χ3v) is 5.02. The summed E-state index contributed by atoms with van der Waals surface area (Å²) in [7, 11) is 1.59. The van der Waals surface area contributed by atoms with Crippen LogP contribution >= 0.6 is 0 Å². The zero-order valence-corrected chi connectivity index (χ0v) is 17.4. The van der Waals surface area contributed by atoms with Gasteiger partial charge in [0.25, 0.3) is 5.91 Å². The Morgan fingerprint density at radius 2 is 2.06 bits per heavy atom. The molecule has 3 heterocycles. The molecule has 1 aliphatic heterocycles. The highest BCUT2D eigenvalue weighted by Gasteiger charge is 2.35. The molecule has 0 bridgehead atoms. The minimum atomic E-state index is -0.536. The van der Waals surface area contributed by atoms with Gasteiger partial charge in [0.05, 0.1) is 18.4 Å². The number of pyridine rings is 1. The second-order valence-corrected chi connectivity index (χ2v) is 7.13. The zero-order valence-electron chi connectivity index (χ0n) is 17.4. The molecule has 0 saturated carbocycles. The number of carbonyl (C=O) groups excluding carboxylic acids is 1. The number of aliphatic hydroxyl groups is 1. The molecule has 9 heteroatoms. The third kappa shape index (κ3) is 4.26. The number of aliphatic hydroxyl groups excluding tert-OH is 1. The van der Waals surface area contributed by atoms with E-state index < -0.39 is 6.04 Å². The van der Waals surface area contributed by atoms with E-state index in [1.54, 1.807) is 42.3 Å². The van der Waals surface area contributed by atoms with Crippen LogP contribution in [-0.2, 0) is 11.2 Å². The van der Waals surface area contributed by atoms with Gasteiger partial charge in [-0.2, -0.15) is 10.1 Å². The molecule has 1 unspecified atom stereocenters. The molecule has 1 atom stereocenters. The van der Waals surface area contributed by atoms with E-state index in [9.17, 15) is 4.79 Å². The molecule has 0 saturated heterocycles. The van der Waals surface area contributed by atoms with E-state index in [0.29, 0.717) is 53.0 Å². The van der Waals surface area contributed by atoms with Crippen LogP contribution in [0.2, 0.25) is 0 Å². The average Bonchev–Trinajstić information content (AvgIpc) is 3.20. The SMILES string of the molecule is COc1ccc(NC(=O)C2=C(C)Nc3nc(CCCO)nn3C2c2ccccn2)cc1. The molecule has 0 fully saturated rings. The minimum Gasteiger partial charge on any atom is -0.497 e. The molecule has 9 nitrogen and oxygen atoms in total. The van der Waals surface area contributed by atoms with Gasteiger partial charge in [-0.05, 0) is 49.7 Å². The van der Waals surface area contributed by atoms with Crippen molar-refractivity contribution in [2.24, 2.45) is 0 Å². The number of ether oxygens (including phenoxy) is 1. The van der Waals surface area contributed by atoms with E-state index in [4.69, 9.17) is 9.84 Å². The van der Waals surface area contributed by atoms with E-state index in [2.05, 4.69) is 25.7 Å². The number of carbonyl (C=O) groups is 1. The molecule has 0 spiro atoms. The lowest BCUT2D eigenvalue weighted by Crippen LogP contribution is -2.32.